The number of piperidine rings is 1. The number of halogens is 1. The van der Waals surface area contributed by atoms with E-state index in [4.69, 9.17) is 9.47 Å². The molecule has 2 aliphatic heterocycles. The van der Waals surface area contributed by atoms with Crippen molar-refractivity contribution in [2.75, 3.05) is 32.8 Å². The van der Waals surface area contributed by atoms with E-state index in [1.807, 2.05) is 0 Å². The average molecular weight is 326 g/mol. The summed E-state index contributed by atoms with van der Waals surface area (Å²) in [6.45, 7) is 4.81. The van der Waals surface area contributed by atoms with Crippen LogP contribution < -0.4 is 0 Å². The predicted octanol–water partition coefficient (Wildman–Crippen LogP) is 2.83. The van der Waals surface area contributed by atoms with Crippen LogP contribution >= 0.6 is 15.9 Å². The second kappa shape index (κ2) is 5.92. The topological polar surface area (TPSA) is 21.7 Å². The van der Waals surface area contributed by atoms with Gasteiger partial charge in [0, 0.05) is 36.9 Å². The van der Waals surface area contributed by atoms with E-state index < -0.39 is 0 Å². The van der Waals surface area contributed by atoms with Crippen LogP contribution in [0.3, 0.4) is 0 Å². The van der Waals surface area contributed by atoms with Crippen molar-refractivity contribution in [3.05, 3.63) is 34.3 Å². The molecule has 104 valence electrons. The summed E-state index contributed by atoms with van der Waals surface area (Å²) in [5.74, 6) is -0.242. The number of hydrogen-bond acceptors (Lipinski definition) is 3. The van der Waals surface area contributed by atoms with E-state index in [1.54, 1.807) is 0 Å². The van der Waals surface area contributed by atoms with Crippen LogP contribution in [-0.4, -0.2) is 43.5 Å². The minimum absolute atomic E-state index is 0.242. The van der Waals surface area contributed by atoms with Gasteiger partial charge in [-0.25, -0.2) is 0 Å². The number of rotatable bonds is 3. The summed E-state index contributed by atoms with van der Waals surface area (Å²) in [4.78, 5) is 2.51. The third-order valence-electron chi connectivity index (χ3n) is 4.06. The smallest absolute Gasteiger partial charge is 0.170 e. The molecule has 0 saturated carbocycles. The van der Waals surface area contributed by atoms with Gasteiger partial charge in [-0.05, 0) is 24.1 Å². The average Bonchev–Trinajstić information content (AvgIpc) is 2.89. The lowest BCUT2D eigenvalue weighted by Gasteiger charge is -2.37. The first-order valence-electron chi connectivity index (χ1n) is 7.01. The Labute approximate surface area is 123 Å². The summed E-state index contributed by atoms with van der Waals surface area (Å²) in [5.41, 5.74) is 1.40. The number of nitrogens with zero attached hydrogens (tertiary/aromatic N) is 1. The van der Waals surface area contributed by atoms with Crippen LogP contribution in [0.15, 0.2) is 28.7 Å². The molecule has 19 heavy (non-hydrogen) atoms. The van der Waals surface area contributed by atoms with Gasteiger partial charge >= 0.3 is 0 Å². The zero-order valence-corrected chi connectivity index (χ0v) is 12.7. The van der Waals surface area contributed by atoms with Gasteiger partial charge < -0.3 is 14.4 Å². The Balaban J connectivity index is 1.46. The van der Waals surface area contributed by atoms with Gasteiger partial charge in [0.05, 0.1) is 13.2 Å². The SMILES string of the molecule is Brc1ccc(CCN2CCC3(CC2)OCCO3)cc1. The first-order chi connectivity index (χ1) is 9.26. The summed E-state index contributed by atoms with van der Waals surface area (Å²) in [7, 11) is 0. The minimum atomic E-state index is -0.242. The van der Waals surface area contributed by atoms with Gasteiger partial charge in [0.1, 0.15) is 0 Å². The monoisotopic (exact) mass is 325 g/mol. The lowest BCUT2D eigenvalue weighted by Crippen LogP contribution is -2.45. The van der Waals surface area contributed by atoms with Gasteiger partial charge in [0.25, 0.3) is 0 Å². The first kappa shape index (κ1) is 13.6. The quantitative estimate of drug-likeness (QED) is 0.853. The van der Waals surface area contributed by atoms with Crippen molar-refractivity contribution in [2.45, 2.75) is 25.0 Å². The molecule has 0 aromatic heterocycles. The van der Waals surface area contributed by atoms with Gasteiger partial charge in [-0.1, -0.05) is 28.1 Å². The highest BCUT2D eigenvalue weighted by atomic mass is 79.9. The standard InChI is InChI=1S/C15H20BrNO2/c16-14-3-1-13(2-4-14)5-8-17-9-6-15(7-10-17)18-11-12-19-15/h1-4H,5-12H2. The second-order valence-electron chi connectivity index (χ2n) is 5.33. The zero-order valence-electron chi connectivity index (χ0n) is 11.1. The third-order valence-corrected chi connectivity index (χ3v) is 4.59. The maximum absolute atomic E-state index is 5.75. The molecular weight excluding hydrogens is 306 g/mol. The first-order valence-corrected chi connectivity index (χ1v) is 7.80. The molecule has 2 fully saturated rings. The molecule has 0 atom stereocenters. The number of likely N-dealkylation sites (tertiary alicyclic amines) is 1. The Hall–Kier alpha value is -0.420. The van der Waals surface area contributed by atoms with Crippen molar-refractivity contribution in [3.63, 3.8) is 0 Å². The Morgan fingerprint density at radius 2 is 1.68 bits per heavy atom. The normalized spacial score (nSPS) is 23.0. The lowest BCUT2D eigenvalue weighted by molar-refractivity contribution is -0.185. The fraction of sp³-hybridized carbons (Fsp3) is 0.600. The number of benzene rings is 1. The zero-order chi connectivity index (χ0) is 13.1. The Morgan fingerprint density at radius 1 is 1.05 bits per heavy atom. The molecule has 1 spiro atoms. The highest BCUT2D eigenvalue weighted by Gasteiger charge is 2.39. The summed E-state index contributed by atoms with van der Waals surface area (Å²) in [5, 5.41) is 0. The van der Waals surface area contributed by atoms with Crippen molar-refractivity contribution >= 4 is 15.9 Å². The van der Waals surface area contributed by atoms with Crippen molar-refractivity contribution in [1.82, 2.24) is 4.90 Å². The van der Waals surface area contributed by atoms with Gasteiger partial charge in [-0.15, -0.1) is 0 Å². The minimum Gasteiger partial charge on any atom is -0.347 e. The lowest BCUT2D eigenvalue weighted by atomic mass is 10.0. The van der Waals surface area contributed by atoms with Crippen LogP contribution in [0.5, 0.6) is 0 Å². The summed E-state index contributed by atoms with van der Waals surface area (Å²) in [6.07, 6.45) is 3.13. The highest BCUT2D eigenvalue weighted by Crippen LogP contribution is 2.31. The van der Waals surface area contributed by atoms with Crippen LogP contribution in [0.2, 0.25) is 0 Å². The van der Waals surface area contributed by atoms with E-state index in [2.05, 4.69) is 45.1 Å². The Morgan fingerprint density at radius 3 is 2.32 bits per heavy atom. The third kappa shape index (κ3) is 3.37. The van der Waals surface area contributed by atoms with E-state index in [9.17, 15) is 0 Å². The van der Waals surface area contributed by atoms with Crippen molar-refractivity contribution < 1.29 is 9.47 Å². The molecule has 2 heterocycles. The Kier molecular flexibility index (Phi) is 4.22. The van der Waals surface area contributed by atoms with Crippen LogP contribution in [0.1, 0.15) is 18.4 Å². The maximum Gasteiger partial charge on any atom is 0.170 e. The fourth-order valence-corrected chi connectivity index (χ4v) is 3.11. The van der Waals surface area contributed by atoms with Gasteiger partial charge in [-0.3, -0.25) is 0 Å². The van der Waals surface area contributed by atoms with Crippen LogP contribution in [0, 0.1) is 0 Å². The summed E-state index contributed by atoms with van der Waals surface area (Å²) >= 11 is 3.47. The predicted molar refractivity (Wildman–Crippen MR) is 78.2 cm³/mol. The van der Waals surface area contributed by atoms with Crippen molar-refractivity contribution in [3.8, 4) is 0 Å². The molecule has 0 radical (unpaired) electrons. The molecule has 0 bridgehead atoms. The van der Waals surface area contributed by atoms with E-state index in [-0.39, 0.29) is 5.79 Å². The largest absolute Gasteiger partial charge is 0.347 e. The number of ether oxygens (including phenoxy) is 2. The molecule has 4 heteroatoms. The molecule has 2 aliphatic rings. The molecule has 0 unspecified atom stereocenters. The molecule has 0 amide bonds. The van der Waals surface area contributed by atoms with Crippen LogP contribution in [-0.2, 0) is 15.9 Å². The fourth-order valence-electron chi connectivity index (χ4n) is 2.84. The molecule has 0 aliphatic carbocycles. The van der Waals surface area contributed by atoms with Gasteiger partial charge in [0.2, 0.25) is 0 Å². The van der Waals surface area contributed by atoms with Crippen molar-refractivity contribution in [2.24, 2.45) is 0 Å². The van der Waals surface area contributed by atoms with Gasteiger partial charge in [-0.2, -0.15) is 0 Å². The van der Waals surface area contributed by atoms with Crippen molar-refractivity contribution in [1.29, 1.82) is 0 Å². The molecule has 1 aromatic rings. The van der Waals surface area contributed by atoms with E-state index in [0.29, 0.717) is 0 Å². The molecular formula is C15H20BrNO2. The van der Waals surface area contributed by atoms with Gasteiger partial charge in [0.15, 0.2) is 5.79 Å². The summed E-state index contributed by atoms with van der Waals surface area (Å²) < 4.78 is 12.6. The second-order valence-corrected chi connectivity index (χ2v) is 6.24. The molecule has 1 aromatic carbocycles. The highest BCUT2D eigenvalue weighted by molar-refractivity contribution is 9.10. The summed E-state index contributed by atoms with van der Waals surface area (Å²) in [6, 6.07) is 8.61. The maximum atomic E-state index is 5.75. The Bertz CT molecular complexity index is 405. The van der Waals surface area contributed by atoms with Crippen LogP contribution in [0.25, 0.3) is 0 Å². The number of hydrogen-bond donors (Lipinski definition) is 0. The van der Waals surface area contributed by atoms with Crippen LogP contribution in [0.4, 0.5) is 0 Å². The molecule has 3 rings (SSSR count). The van der Waals surface area contributed by atoms with E-state index >= 15 is 0 Å². The molecule has 0 N–H and O–H groups in total. The van der Waals surface area contributed by atoms with E-state index in [0.717, 1.165) is 56.6 Å². The van der Waals surface area contributed by atoms with E-state index in [1.165, 1.54) is 5.56 Å². The molecule has 2 saturated heterocycles. The molecule has 3 nitrogen and oxygen atoms in total.